The van der Waals surface area contributed by atoms with Crippen LogP contribution in [0.1, 0.15) is 24.8 Å². The molecular weight excluding hydrogens is 287 g/mol. The Morgan fingerprint density at radius 2 is 2.17 bits per heavy atom. The molecule has 0 fully saturated rings. The highest BCUT2D eigenvalue weighted by atomic mass is 35.5. The van der Waals surface area contributed by atoms with Gasteiger partial charge in [0.15, 0.2) is 0 Å². The Kier molecular flexibility index (Phi) is 4.62. The molecule has 0 spiro atoms. The van der Waals surface area contributed by atoms with Crippen molar-refractivity contribution in [2.75, 3.05) is 6.54 Å². The lowest BCUT2D eigenvalue weighted by atomic mass is 10.2. The SMILES string of the molecule is CCNC(C)c1cnc(-c2cc(Cl)ccc2Cl)s1. The molecule has 18 heavy (non-hydrogen) atoms. The summed E-state index contributed by atoms with van der Waals surface area (Å²) >= 11 is 13.8. The van der Waals surface area contributed by atoms with E-state index < -0.39 is 0 Å². The first kappa shape index (κ1) is 13.8. The van der Waals surface area contributed by atoms with Crippen LogP contribution in [0, 0.1) is 0 Å². The number of aromatic nitrogens is 1. The molecule has 1 heterocycles. The van der Waals surface area contributed by atoms with Gasteiger partial charge in [0, 0.05) is 27.7 Å². The van der Waals surface area contributed by atoms with Gasteiger partial charge < -0.3 is 5.32 Å². The Morgan fingerprint density at radius 3 is 2.89 bits per heavy atom. The molecule has 2 aromatic rings. The minimum absolute atomic E-state index is 0.305. The number of thiazole rings is 1. The highest BCUT2D eigenvalue weighted by Gasteiger charge is 2.12. The number of benzene rings is 1. The zero-order valence-electron chi connectivity index (χ0n) is 10.2. The van der Waals surface area contributed by atoms with Gasteiger partial charge in [-0.25, -0.2) is 4.98 Å². The predicted octanol–water partition coefficient (Wildman–Crippen LogP) is 4.79. The van der Waals surface area contributed by atoms with Gasteiger partial charge in [0.25, 0.3) is 0 Å². The summed E-state index contributed by atoms with van der Waals surface area (Å²) in [6, 6.07) is 5.74. The van der Waals surface area contributed by atoms with E-state index in [1.807, 2.05) is 12.3 Å². The van der Waals surface area contributed by atoms with E-state index in [-0.39, 0.29) is 0 Å². The van der Waals surface area contributed by atoms with E-state index in [0.717, 1.165) is 17.1 Å². The Labute approximate surface area is 121 Å². The summed E-state index contributed by atoms with van der Waals surface area (Å²) < 4.78 is 0. The molecule has 5 heteroatoms. The molecule has 0 aliphatic carbocycles. The van der Waals surface area contributed by atoms with Crippen LogP contribution in [0.2, 0.25) is 10.0 Å². The van der Waals surface area contributed by atoms with Crippen LogP contribution >= 0.6 is 34.5 Å². The van der Waals surface area contributed by atoms with Gasteiger partial charge in [0.05, 0.1) is 5.02 Å². The van der Waals surface area contributed by atoms with Crippen molar-refractivity contribution in [2.24, 2.45) is 0 Å². The third kappa shape index (κ3) is 3.04. The first-order valence-electron chi connectivity index (χ1n) is 5.76. The third-order valence-electron chi connectivity index (χ3n) is 2.62. The molecule has 1 aromatic heterocycles. The molecule has 2 rings (SSSR count). The minimum Gasteiger partial charge on any atom is -0.310 e. The fourth-order valence-corrected chi connectivity index (χ4v) is 3.09. The second-order valence-electron chi connectivity index (χ2n) is 3.97. The van der Waals surface area contributed by atoms with Crippen molar-refractivity contribution in [1.29, 1.82) is 0 Å². The van der Waals surface area contributed by atoms with Crippen LogP contribution in [-0.4, -0.2) is 11.5 Å². The first-order valence-corrected chi connectivity index (χ1v) is 7.33. The fourth-order valence-electron chi connectivity index (χ4n) is 1.68. The van der Waals surface area contributed by atoms with E-state index in [1.165, 1.54) is 4.88 Å². The van der Waals surface area contributed by atoms with Crippen molar-refractivity contribution in [3.63, 3.8) is 0 Å². The van der Waals surface area contributed by atoms with Gasteiger partial charge >= 0.3 is 0 Å². The second kappa shape index (κ2) is 6.02. The monoisotopic (exact) mass is 300 g/mol. The summed E-state index contributed by atoms with van der Waals surface area (Å²) in [6.45, 7) is 5.15. The van der Waals surface area contributed by atoms with Crippen molar-refractivity contribution in [3.05, 3.63) is 39.3 Å². The normalized spacial score (nSPS) is 12.7. The molecule has 96 valence electrons. The molecule has 0 radical (unpaired) electrons. The van der Waals surface area contributed by atoms with E-state index in [1.54, 1.807) is 23.5 Å². The van der Waals surface area contributed by atoms with Crippen molar-refractivity contribution in [3.8, 4) is 10.6 Å². The van der Waals surface area contributed by atoms with Crippen LogP contribution in [0.25, 0.3) is 10.6 Å². The highest BCUT2D eigenvalue weighted by Crippen LogP contribution is 2.34. The summed E-state index contributed by atoms with van der Waals surface area (Å²) in [7, 11) is 0. The Bertz CT molecular complexity index is 540. The molecule has 0 aliphatic rings. The second-order valence-corrected chi connectivity index (χ2v) is 5.88. The van der Waals surface area contributed by atoms with Crippen LogP contribution in [0.4, 0.5) is 0 Å². The van der Waals surface area contributed by atoms with Gasteiger partial charge in [-0.05, 0) is 31.7 Å². The topological polar surface area (TPSA) is 24.9 Å². The van der Waals surface area contributed by atoms with Gasteiger partial charge in [-0.2, -0.15) is 0 Å². The number of halogens is 2. The van der Waals surface area contributed by atoms with Crippen LogP contribution in [0.5, 0.6) is 0 Å². The largest absolute Gasteiger partial charge is 0.310 e. The molecule has 0 bridgehead atoms. The van der Waals surface area contributed by atoms with E-state index in [4.69, 9.17) is 23.2 Å². The molecule has 1 N–H and O–H groups in total. The Morgan fingerprint density at radius 1 is 1.39 bits per heavy atom. The van der Waals surface area contributed by atoms with Crippen molar-refractivity contribution >= 4 is 34.5 Å². The van der Waals surface area contributed by atoms with E-state index >= 15 is 0 Å². The standard InChI is InChI=1S/C13H14Cl2N2S/c1-3-16-8(2)12-7-17-13(18-12)10-6-9(14)4-5-11(10)15/h4-8,16H,3H2,1-2H3. The zero-order chi connectivity index (χ0) is 13.1. The van der Waals surface area contributed by atoms with Gasteiger partial charge in [0.1, 0.15) is 5.01 Å². The number of hydrogen-bond acceptors (Lipinski definition) is 3. The summed E-state index contributed by atoms with van der Waals surface area (Å²) in [4.78, 5) is 5.62. The van der Waals surface area contributed by atoms with E-state index in [9.17, 15) is 0 Å². The molecule has 0 saturated heterocycles. The molecular formula is C13H14Cl2N2S. The smallest absolute Gasteiger partial charge is 0.125 e. The average molecular weight is 301 g/mol. The maximum Gasteiger partial charge on any atom is 0.125 e. The molecule has 0 aliphatic heterocycles. The third-order valence-corrected chi connectivity index (χ3v) is 4.40. The summed E-state index contributed by atoms with van der Waals surface area (Å²) in [5.41, 5.74) is 0.893. The fraction of sp³-hybridized carbons (Fsp3) is 0.308. The van der Waals surface area contributed by atoms with E-state index in [0.29, 0.717) is 16.1 Å². The number of hydrogen-bond donors (Lipinski definition) is 1. The lowest BCUT2D eigenvalue weighted by molar-refractivity contribution is 0.606. The zero-order valence-corrected chi connectivity index (χ0v) is 12.5. The van der Waals surface area contributed by atoms with E-state index in [2.05, 4.69) is 24.1 Å². The molecule has 1 unspecified atom stereocenters. The first-order chi connectivity index (χ1) is 8.61. The molecule has 1 aromatic carbocycles. The van der Waals surface area contributed by atoms with Gasteiger partial charge in [-0.3, -0.25) is 0 Å². The number of rotatable bonds is 4. The minimum atomic E-state index is 0.305. The Hall–Kier alpha value is -0.610. The lowest BCUT2D eigenvalue weighted by Gasteiger charge is -2.08. The molecule has 0 saturated carbocycles. The molecule has 1 atom stereocenters. The lowest BCUT2D eigenvalue weighted by Crippen LogP contribution is -2.16. The van der Waals surface area contributed by atoms with Gasteiger partial charge in [-0.1, -0.05) is 30.1 Å². The van der Waals surface area contributed by atoms with Crippen molar-refractivity contribution in [2.45, 2.75) is 19.9 Å². The average Bonchev–Trinajstić information content (AvgIpc) is 2.82. The van der Waals surface area contributed by atoms with Crippen LogP contribution in [0.15, 0.2) is 24.4 Å². The Balaban J connectivity index is 2.32. The maximum absolute atomic E-state index is 6.17. The summed E-state index contributed by atoms with van der Waals surface area (Å²) in [6.07, 6.45) is 1.89. The number of nitrogens with one attached hydrogen (secondary N) is 1. The van der Waals surface area contributed by atoms with Crippen LogP contribution < -0.4 is 5.32 Å². The van der Waals surface area contributed by atoms with Crippen molar-refractivity contribution < 1.29 is 0 Å². The predicted molar refractivity (Wildman–Crippen MR) is 79.7 cm³/mol. The van der Waals surface area contributed by atoms with Gasteiger partial charge in [0.2, 0.25) is 0 Å². The van der Waals surface area contributed by atoms with Crippen LogP contribution in [-0.2, 0) is 0 Å². The van der Waals surface area contributed by atoms with Crippen LogP contribution in [0.3, 0.4) is 0 Å². The molecule has 2 nitrogen and oxygen atoms in total. The number of nitrogens with zero attached hydrogens (tertiary/aromatic N) is 1. The molecule has 0 amide bonds. The van der Waals surface area contributed by atoms with Crippen molar-refractivity contribution in [1.82, 2.24) is 10.3 Å². The van der Waals surface area contributed by atoms with Gasteiger partial charge in [-0.15, -0.1) is 11.3 Å². The highest BCUT2D eigenvalue weighted by molar-refractivity contribution is 7.15. The summed E-state index contributed by atoms with van der Waals surface area (Å²) in [5.74, 6) is 0. The maximum atomic E-state index is 6.17. The summed E-state index contributed by atoms with van der Waals surface area (Å²) in [5, 5.41) is 5.62. The quantitative estimate of drug-likeness (QED) is 0.878.